The minimum Gasteiger partial charge on any atom is -0.466 e. The average molecular weight is 863 g/mol. The van der Waals surface area contributed by atoms with E-state index in [0.717, 1.165) is 0 Å². The molecular weight excluding hydrogens is 794 g/mol. The molecule has 0 aromatic heterocycles. The molecule has 345 valence electrons. The van der Waals surface area contributed by atoms with Crippen molar-refractivity contribution in [2.24, 2.45) is 0 Å². The summed E-state index contributed by atoms with van der Waals surface area (Å²) >= 11 is 0. The van der Waals surface area contributed by atoms with E-state index in [1.165, 1.54) is 13.3 Å². The molecule has 0 spiro atoms. The predicted molar refractivity (Wildman–Crippen MR) is 212 cm³/mol. The van der Waals surface area contributed by atoms with Crippen molar-refractivity contribution < 1.29 is 77.9 Å². The second-order valence-electron chi connectivity index (χ2n) is 18.3. The minimum atomic E-state index is -1.78. The quantitative estimate of drug-likeness (QED) is 0.0763. The van der Waals surface area contributed by atoms with Gasteiger partial charge in [-0.25, -0.2) is 14.4 Å². The van der Waals surface area contributed by atoms with E-state index in [2.05, 4.69) is 26.6 Å². The highest BCUT2D eigenvalue weighted by Crippen LogP contribution is 2.33. The van der Waals surface area contributed by atoms with Gasteiger partial charge in [-0.2, -0.15) is 0 Å². The zero-order chi connectivity index (χ0) is 45.2. The van der Waals surface area contributed by atoms with E-state index in [9.17, 15) is 44.7 Å². The van der Waals surface area contributed by atoms with Crippen molar-refractivity contribution in [2.75, 3.05) is 32.8 Å². The van der Waals surface area contributed by atoms with Crippen molar-refractivity contribution >= 4 is 24.2 Å². The van der Waals surface area contributed by atoms with E-state index >= 15 is 0 Å². The van der Waals surface area contributed by atoms with Crippen LogP contribution in [0.2, 0.25) is 0 Å². The van der Waals surface area contributed by atoms with Gasteiger partial charge < -0.3 is 85.3 Å². The summed E-state index contributed by atoms with van der Waals surface area (Å²) in [5, 5.41) is 67.3. The van der Waals surface area contributed by atoms with Crippen LogP contribution in [0.25, 0.3) is 0 Å². The third-order valence-electron chi connectivity index (χ3n) is 8.81. The molecular formula is C39H68N5O16. The maximum atomic E-state index is 13.5. The lowest BCUT2D eigenvalue weighted by Crippen LogP contribution is -2.68. The molecule has 0 bridgehead atoms. The summed E-state index contributed by atoms with van der Waals surface area (Å²) in [6, 6.07) is -3.31. The van der Waals surface area contributed by atoms with E-state index in [-0.39, 0.29) is 52.1 Å². The molecule has 10 N–H and O–H groups in total. The lowest BCUT2D eigenvalue weighted by molar-refractivity contribution is -0.286. The number of alkyl carbamates (subject to hydrolysis) is 3. The number of rotatable bonds is 15. The van der Waals surface area contributed by atoms with Crippen LogP contribution in [0.15, 0.2) is 11.8 Å². The number of aliphatic hydroxyl groups is 5. The van der Waals surface area contributed by atoms with Crippen LogP contribution < -0.4 is 26.6 Å². The minimum absolute atomic E-state index is 0.140. The first-order valence-electron chi connectivity index (χ1n) is 20.1. The van der Waals surface area contributed by atoms with Gasteiger partial charge in [0.25, 0.3) is 0 Å². The molecule has 0 aromatic rings. The summed E-state index contributed by atoms with van der Waals surface area (Å²) in [7, 11) is 0. The molecule has 0 aromatic carbocycles. The van der Waals surface area contributed by atoms with Crippen molar-refractivity contribution in [1.82, 2.24) is 26.6 Å². The van der Waals surface area contributed by atoms with E-state index in [4.69, 9.17) is 33.2 Å². The van der Waals surface area contributed by atoms with Crippen LogP contribution in [-0.2, 0) is 38.0 Å². The summed E-state index contributed by atoms with van der Waals surface area (Å²) in [5.74, 6) is -0.545. The second kappa shape index (κ2) is 21.5. The van der Waals surface area contributed by atoms with Crippen LogP contribution in [0.1, 0.15) is 88.5 Å². The van der Waals surface area contributed by atoms with Crippen molar-refractivity contribution in [2.45, 2.75) is 172 Å². The first kappa shape index (κ1) is 50.8. The van der Waals surface area contributed by atoms with E-state index in [1.54, 1.807) is 68.4 Å². The van der Waals surface area contributed by atoms with Gasteiger partial charge in [0, 0.05) is 19.5 Å². The number of ether oxygens (including phenoxy) is 7. The molecule has 1 saturated carbocycles. The van der Waals surface area contributed by atoms with Crippen LogP contribution in [0.5, 0.6) is 0 Å². The number of carbonyl (C=O) groups excluding carboxylic acids is 4. The first-order chi connectivity index (χ1) is 27.6. The smallest absolute Gasteiger partial charge is 0.408 e. The van der Waals surface area contributed by atoms with Gasteiger partial charge in [-0.3, -0.25) is 4.79 Å². The average Bonchev–Trinajstić information content (AvgIpc) is 3.07. The van der Waals surface area contributed by atoms with Gasteiger partial charge in [0.1, 0.15) is 53.1 Å². The van der Waals surface area contributed by atoms with Gasteiger partial charge in [0.05, 0.1) is 43.5 Å². The van der Waals surface area contributed by atoms with Crippen molar-refractivity contribution in [3.05, 3.63) is 18.3 Å². The van der Waals surface area contributed by atoms with E-state index < -0.39 is 108 Å². The first-order valence-corrected chi connectivity index (χ1v) is 20.1. The Morgan fingerprint density at radius 3 is 1.90 bits per heavy atom. The largest absolute Gasteiger partial charge is 0.466 e. The molecule has 4 amide bonds. The number of nitrogens with one attached hydrogen (secondary N) is 5. The Kier molecular flexibility index (Phi) is 18.2. The highest BCUT2D eigenvalue weighted by Gasteiger charge is 2.52. The summed E-state index contributed by atoms with van der Waals surface area (Å²) in [5.41, 5.74) is -4.10. The molecule has 11 atom stereocenters. The number of amides is 4. The van der Waals surface area contributed by atoms with E-state index in [0.29, 0.717) is 5.76 Å². The highest BCUT2D eigenvalue weighted by atomic mass is 16.7. The van der Waals surface area contributed by atoms with Gasteiger partial charge in [0.2, 0.25) is 12.2 Å². The molecule has 2 heterocycles. The van der Waals surface area contributed by atoms with Crippen LogP contribution in [-0.4, -0.2) is 166 Å². The van der Waals surface area contributed by atoms with Gasteiger partial charge in [-0.05, 0) is 94.6 Å². The maximum absolute atomic E-state index is 13.5. The topological polar surface area (TPSA) is 294 Å². The molecule has 21 nitrogen and oxygen atoms in total. The normalized spacial score (nSPS) is 30.4. The SMILES string of the molecule is CC(C)(C)OC(=O)NCC[C@H](O)C(=O)N[C@@H]1C[C@H](NC(=O)OC(C)(C)C)[C@@H](O[C@H]2OC(CNCCO)=CC[C@H]2NC(=O)OC(C)(C)C)[C@H](O)[C@H]1O[C@H]1OC[C@](C)(O)[CH][C@H]1O. The van der Waals surface area contributed by atoms with Gasteiger partial charge >= 0.3 is 18.3 Å². The van der Waals surface area contributed by atoms with Crippen LogP contribution in [0.3, 0.4) is 0 Å². The summed E-state index contributed by atoms with van der Waals surface area (Å²) in [6.45, 7) is 16.3. The molecule has 3 aliphatic rings. The summed E-state index contributed by atoms with van der Waals surface area (Å²) in [4.78, 5) is 51.9. The standard InChI is InChI=1S/C39H68N5O16/c1-36(2,3)58-33(50)41-14-13-25(46)30(49)42-23-17-24(44-35(52)60-38(7,8)9)29(27(48)28(23)57-32-26(47)18-39(10,53)20-54-32)56-31-22(43-34(51)59-37(4,5)6)12-11-21(55-31)19-40-15-16-45/h11,18,22-29,31-32,40,45-48,53H,12-17,19-20H2,1-10H3,(H,41,50)(H,42,49)(H,43,51)(H,44,52)/t22-,23-,24+,25+,26-,27-,28+,29-,31-,32-,39-/m1/s1. The van der Waals surface area contributed by atoms with Gasteiger partial charge in [-0.15, -0.1) is 0 Å². The molecule has 3 rings (SSSR count). The Hall–Kier alpha value is -3.54. The number of aliphatic hydroxyl groups excluding tert-OH is 4. The third-order valence-corrected chi connectivity index (χ3v) is 8.81. The highest BCUT2D eigenvalue weighted by molar-refractivity contribution is 5.81. The Bertz CT molecular complexity index is 1460. The Balaban J connectivity index is 1.98. The molecule has 0 unspecified atom stereocenters. The predicted octanol–water partition coefficient (Wildman–Crippen LogP) is -0.0468. The zero-order valence-electron chi connectivity index (χ0n) is 36.3. The molecule has 2 fully saturated rings. The van der Waals surface area contributed by atoms with Crippen LogP contribution >= 0.6 is 0 Å². The van der Waals surface area contributed by atoms with Crippen LogP contribution in [0.4, 0.5) is 14.4 Å². The number of hydrogen-bond acceptors (Lipinski definition) is 17. The lowest BCUT2D eigenvalue weighted by Gasteiger charge is -2.48. The molecule has 2 aliphatic heterocycles. The van der Waals surface area contributed by atoms with Crippen molar-refractivity contribution in [3.8, 4) is 0 Å². The third kappa shape index (κ3) is 17.4. The molecule has 1 radical (unpaired) electrons. The summed E-state index contributed by atoms with van der Waals surface area (Å²) < 4.78 is 40.6. The van der Waals surface area contributed by atoms with Crippen LogP contribution in [0, 0.1) is 6.42 Å². The molecule has 1 saturated heterocycles. The van der Waals surface area contributed by atoms with Crippen molar-refractivity contribution in [1.29, 1.82) is 0 Å². The fourth-order valence-corrected chi connectivity index (χ4v) is 6.37. The Morgan fingerprint density at radius 1 is 0.817 bits per heavy atom. The zero-order valence-corrected chi connectivity index (χ0v) is 36.3. The van der Waals surface area contributed by atoms with E-state index in [1.807, 2.05) is 0 Å². The van der Waals surface area contributed by atoms with Gasteiger partial charge in [0.15, 0.2) is 6.29 Å². The number of hydrogen-bond donors (Lipinski definition) is 10. The molecule has 1 aliphatic carbocycles. The van der Waals surface area contributed by atoms with Crippen molar-refractivity contribution in [3.63, 3.8) is 0 Å². The Morgan fingerprint density at radius 2 is 1.35 bits per heavy atom. The van der Waals surface area contributed by atoms with Gasteiger partial charge in [-0.1, -0.05) is 0 Å². The number of carbonyl (C=O) groups is 4. The fourth-order valence-electron chi connectivity index (χ4n) is 6.37. The summed E-state index contributed by atoms with van der Waals surface area (Å²) in [6.07, 6.45) is -10.5. The molecule has 60 heavy (non-hydrogen) atoms. The fraction of sp³-hybridized carbons (Fsp3) is 0.821. The Labute approximate surface area is 351 Å². The lowest BCUT2D eigenvalue weighted by atomic mass is 9.83. The second-order valence-corrected chi connectivity index (χ2v) is 18.3. The monoisotopic (exact) mass is 862 g/mol. The molecule has 21 heteroatoms. The maximum Gasteiger partial charge on any atom is 0.408 e.